The van der Waals surface area contributed by atoms with Crippen LogP contribution >= 0.6 is 15.9 Å². The number of aromatic nitrogens is 2. The number of hydrogen-bond donors (Lipinski definition) is 0. The van der Waals surface area contributed by atoms with Gasteiger partial charge in [-0.25, -0.2) is 9.97 Å². The van der Waals surface area contributed by atoms with Crippen molar-refractivity contribution in [1.82, 2.24) is 14.9 Å². The van der Waals surface area contributed by atoms with Crippen LogP contribution in [0.1, 0.15) is 6.92 Å². The van der Waals surface area contributed by atoms with Gasteiger partial charge in [-0.1, -0.05) is 6.92 Å². The quantitative estimate of drug-likeness (QED) is 0.796. The van der Waals surface area contributed by atoms with Crippen molar-refractivity contribution in [3.63, 3.8) is 0 Å². The van der Waals surface area contributed by atoms with Gasteiger partial charge in [-0.2, -0.15) is 0 Å². The summed E-state index contributed by atoms with van der Waals surface area (Å²) in [6.07, 6.45) is 1.82. The first kappa shape index (κ1) is 12.8. The largest absolute Gasteiger partial charge is 0.354 e. The molecule has 0 saturated carbocycles. The van der Waals surface area contributed by atoms with E-state index in [0.29, 0.717) is 0 Å². The van der Waals surface area contributed by atoms with Crippen molar-refractivity contribution in [2.24, 2.45) is 0 Å². The van der Waals surface area contributed by atoms with Gasteiger partial charge >= 0.3 is 0 Å². The Hall–Kier alpha value is -1.20. The zero-order valence-corrected chi connectivity index (χ0v) is 12.6. The molecule has 0 amide bonds. The molecule has 19 heavy (non-hydrogen) atoms. The van der Waals surface area contributed by atoms with Gasteiger partial charge in [0.1, 0.15) is 10.4 Å². The van der Waals surface area contributed by atoms with E-state index in [2.05, 4.69) is 49.8 Å². The minimum absolute atomic E-state index is 0.853. The number of piperazine rings is 1. The number of nitrogens with zero attached hydrogens (tertiary/aromatic N) is 4. The molecule has 0 aliphatic carbocycles. The van der Waals surface area contributed by atoms with Gasteiger partial charge in [0.25, 0.3) is 0 Å². The highest BCUT2D eigenvalue weighted by atomic mass is 79.9. The molecule has 1 aliphatic heterocycles. The van der Waals surface area contributed by atoms with Crippen molar-refractivity contribution >= 4 is 32.7 Å². The zero-order valence-electron chi connectivity index (χ0n) is 11.0. The molecule has 0 radical (unpaired) electrons. The molecule has 0 bridgehead atoms. The van der Waals surface area contributed by atoms with Crippen LogP contribution in [0.5, 0.6) is 0 Å². The van der Waals surface area contributed by atoms with E-state index in [9.17, 15) is 0 Å². The maximum absolute atomic E-state index is 4.71. The Morgan fingerprint density at radius 3 is 2.74 bits per heavy atom. The lowest BCUT2D eigenvalue weighted by atomic mass is 10.2. The third-order valence-electron chi connectivity index (χ3n) is 3.67. The molecule has 3 heterocycles. The molecule has 0 spiro atoms. The average Bonchev–Trinajstić information content (AvgIpc) is 2.47. The zero-order chi connectivity index (χ0) is 13.2. The second-order valence-electron chi connectivity index (χ2n) is 4.79. The van der Waals surface area contributed by atoms with E-state index < -0.39 is 0 Å². The number of fused-ring (bicyclic) bond motifs is 1. The summed E-state index contributed by atoms with van der Waals surface area (Å²) < 4.78 is 0.853. The van der Waals surface area contributed by atoms with Crippen LogP contribution in [0, 0.1) is 0 Å². The first-order valence-corrected chi connectivity index (χ1v) is 7.45. The number of pyridine rings is 2. The molecular formula is C14H17BrN4. The Balaban J connectivity index is 1.84. The van der Waals surface area contributed by atoms with Crippen LogP contribution < -0.4 is 4.90 Å². The average molecular weight is 321 g/mol. The summed E-state index contributed by atoms with van der Waals surface area (Å²) >= 11 is 3.39. The Morgan fingerprint density at radius 1 is 1.21 bits per heavy atom. The Morgan fingerprint density at radius 2 is 2.00 bits per heavy atom. The van der Waals surface area contributed by atoms with Crippen LogP contribution in [0.4, 0.5) is 5.82 Å². The number of likely N-dealkylation sites (N-methyl/N-ethyl adjacent to an activating group) is 1. The molecule has 0 unspecified atom stereocenters. The van der Waals surface area contributed by atoms with Gasteiger partial charge in [-0.05, 0) is 40.7 Å². The molecule has 1 aliphatic rings. The standard InChI is InChI=1S/C14H17BrN4/c1-2-18-5-7-19(8-6-18)14-4-3-11-9-13(15)16-10-12(11)17-14/h3-4,9-10H,2,5-8H2,1H3. The Bertz CT molecular complexity index is 579. The smallest absolute Gasteiger partial charge is 0.129 e. The van der Waals surface area contributed by atoms with E-state index in [1.165, 1.54) is 0 Å². The highest BCUT2D eigenvalue weighted by molar-refractivity contribution is 9.10. The molecule has 2 aromatic rings. The highest BCUT2D eigenvalue weighted by Crippen LogP contribution is 2.20. The number of hydrogen-bond acceptors (Lipinski definition) is 4. The Kier molecular flexibility index (Phi) is 3.66. The van der Waals surface area contributed by atoms with E-state index in [1.54, 1.807) is 0 Å². The summed E-state index contributed by atoms with van der Waals surface area (Å²) in [5.41, 5.74) is 0.957. The fraction of sp³-hybridized carbons (Fsp3) is 0.429. The molecule has 0 N–H and O–H groups in total. The molecular weight excluding hydrogens is 304 g/mol. The SMILES string of the molecule is CCN1CCN(c2ccc3cc(Br)ncc3n2)CC1. The van der Waals surface area contributed by atoms with E-state index in [1.807, 2.05) is 12.3 Å². The summed E-state index contributed by atoms with van der Waals surface area (Å²) in [7, 11) is 0. The lowest BCUT2D eigenvalue weighted by Gasteiger charge is -2.34. The van der Waals surface area contributed by atoms with E-state index in [4.69, 9.17) is 4.98 Å². The lowest BCUT2D eigenvalue weighted by molar-refractivity contribution is 0.270. The third kappa shape index (κ3) is 2.72. The van der Waals surface area contributed by atoms with Crippen molar-refractivity contribution in [2.45, 2.75) is 6.92 Å². The van der Waals surface area contributed by atoms with Crippen LogP contribution in [0.2, 0.25) is 0 Å². The lowest BCUT2D eigenvalue weighted by Crippen LogP contribution is -2.46. The van der Waals surface area contributed by atoms with Crippen molar-refractivity contribution in [3.8, 4) is 0 Å². The molecule has 2 aromatic heterocycles. The normalized spacial score (nSPS) is 17.1. The second kappa shape index (κ2) is 5.43. The first-order chi connectivity index (χ1) is 9.26. The molecule has 1 saturated heterocycles. The summed E-state index contributed by atoms with van der Waals surface area (Å²) in [4.78, 5) is 13.8. The van der Waals surface area contributed by atoms with Crippen molar-refractivity contribution in [1.29, 1.82) is 0 Å². The fourth-order valence-corrected chi connectivity index (χ4v) is 2.81. The van der Waals surface area contributed by atoms with Crippen LogP contribution in [0.3, 0.4) is 0 Å². The second-order valence-corrected chi connectivity index (χ2v) is 5.60. The van der Waals surface area contributed by atoms with E-state index >= 15 is 0 Å². The van der Waals surface area contributed by atoms with E-state index in [-0.39, 0.29) is 0 Å². The van der Waals surface area contributed by atoms with Crippen molar-refractivity contribution in [3.05, 3.63) is 29.0 Å². The number of anilines is 1. The van der Waals surface area contributed by atoms with Crippen LogP contribution in [0.15, 0.2) is 29.0 Å². The van der Waals surface area contributed by atoms with Gasteiger partial charge in [0.05, 0.1) is 11.7 Å². The molecule has 0 aromatic carbocycles. The van der Waals surface area contributed by atoms with Crippen LogP contribution in [-0.2, 0) is 0 Å². The summed E-state index contributed by atoms with van der Waals surface area (Å²) in [5.74, 6) is 1.06. The predicted molar refractivity (Wildman–Crippen MR) is 81.6 cm³/mol. The maximum Gasteiger partial charge on any atom is 0.129 e. The Labute approximate surface area is 121 Å². The molecule has 100 valence electrons. The summed E-state index contributed by atoms with van der Waals surface area (Å²) in [5, 5.41) is 1.12. The minimum Gasteiger partial charge on any atom is -0.354 e. The molecule has 1 fully saturated rings. The van der Waals surface area contributed by atoms with Gasteiger partial charge in [0.2, 0.25) is 0 Å². The van der Waals surface area contributed by atoms with Gasteiger partial charge < -0.3 is 9.80 Å². The molecule has 3 rings (SSSR count). The van der Waals surface area contributed by atoms with E-state index in [0.717, 1.165) is 54.0 Å². The van der Waals surface area contributed by atoms with Crippen LogP contribution in [-0.4, -0.2) is 47.6 Å². The number of rotatable bonds is 2. The topological polar surface area (TPSA) is 32.3 Å². The fourth-order valence-electron chi connectivity index (χ4n) is 2.46. The van der Waals surface area contributed by atoms with Gasteiger partial charge in [0.15, 0.2) is 0 Å². The predicted octanol–water partition coefficient (Wildman–Crippen LogP) is 2.53. The minimum atomic E-state index is 0.853. The third-order valence-corrected chi connectivity index (χ3v) is 4.10. The van der Waals surface area contributed by atoms with Crippen LogP contribution in [0.25, 0.3) is 10.9 Å². The molecule has 5 heteroatoms. The summed E-state index contributed by atoms with van der Waals surface area (Å²) in [6, 6.07) is 6.23. The molecule has 4 nitrogen and oxygen atoms in total. The van der Waals surface area contributed by atoms with Crippen molar-refractivity contribution in [2.75, 3.05) is 37.6 Å². The monoisotopic (exact) mass is 320 g/mol. The van der Waals surface area contributed by atoms with Gasteiger partial charge in [-0.3, -0.25) is 0 Å². The van der Waals surface area contributed by atoms with Crippen molar-refractivity contribution < 1.29 is 0 Å². The van der Waals surface area contributed by atoms with Gasteiger partial charge in [0, 0.05) is 31.6 Å². The highest BCUT2D eigenvalue weighted by Gasteiger charge is 2.16. The first-order valence-electron chi connectivity index (χ1n) is 6.66. The maximum atomic E-state index is 4.71. The number of halogens is 1. The molecule has 0 atom stereocenters. The van der Waals surface area contributed by atoms with Gasteiger partial charge in [-0.15, -0.1) is 0 Å². The summed E-state index contributed by atoms with van der Waals surface area (Å²) in [6.45, 7) is 7.70.